The van der Waals surface area contributed by atoms with E-state index in [1.165, 1.54) is 16.6 Å². The quantitative estimate of drug-likeness (QED) is 0.600. The minimum Gasteiger partial charge on any atom is -0.349 e. The van der Waals surface area contributed by atoms with Gasteiger partial charge < -0.3 is 4.57 Å². The van der Waals surface area contributed by atoms with Crippen LogP contribution in [0.5, 0.6) is 0 Å². The molecule has 0 aromatic carbocycles. The molecule has 2 nitrogen and oxygen atoms in total. The molecule has 68 valence electrons. The van der Waals surface area contributed by atoms with Crippen LogP contribution < -0.4 is 0 Å². The van der Waals surface area contributed by atoms with Crippen molar-refractivity contribution in [2.45, 2.75) is 20.8 Å². The molecule has 0 aliphatic heterocycles. The first-order valence-electron chi connectivity index (χ1n) is 4.50. The number of pyridine rings is 1. The number of hydrogen-bond acceptors (Lipinski definition) is 1. The first-order chi connectivity index (χ1) is 6.11. The van der Waals surface area contributed by atoms with Crippen LogP contribution in [0, 0.1) is 20.8 Å². The smallest absolute Gasteiger partial charge is 0.0886 e. The number of nitrogens with zero attached hydrogens (tertiary/aromatic N) is 2. The van der Waals surface area contributed by atoms with E-state index < -0.39 is 0 Å². The summed E-state index contributed by atoms with van der Waals surface area (Å²) in [5, 5.41) is 0. The van der Waals surface area contributed by atoms with Crippen LogP contribution in [0.4, 0.5) is 0 Å². The fraction of sp³-hybridized carbons (Fsp3) is 0.364. The van der Waals surface area contributed by atoms with Gasteiger partial charge in [-0.2, -0.15) is 0 Å². The van der Waals surface area contributed by atoms with Crippen LogP contribution in [-0.4, -0.2) is 9.55 Å². The summed E-state index contributed by atoms with van der Waals surface area (Å²) in [6.07, 6.45) is 2.06. The van der Waals surface area contributed by atoms with Crippen molar-refractivity contribution in [2.24, 2.45) is 7.05 Å². The average Bonchev–Trinajstić information content (AvgIpc) is 2.43. The molecule has 0 radical (unpaired) electrons. The molecule has 0 spiro atoms. The lowest BCUT2D eigenvalue weighted by atomic mass is 10.1. The Labute approximate surface area is 78.2 Å². The van der Waals surface area contributed by atoms with Crippen LogP contribution in [0.15, 0.2) is 12.3 Å². The van der Waals surface area contributed by atoms with Crippen LogP contribution in [0.25, 0.3) is 11.0 Å². The van der Waals surface area contributed by atoms with E-state index in [9.17, 15) is 0 Å². The second-order valence-electron chi connectivity index (χ2n) is 3.61. The van der Waals surface area contributed by atoms with E-state index in [0.29, 0.717) is 0 Å². The summed E-state index contributed by atoms with van der Waals surface area (Å²) in [5.74, 6) is 0. The second kappa shape index (κ2) is 2.59. The molecule has 2 heteroatoms. The summed E-state index contributed by atoms with van der Waals surface area (Å²) >= 11 is 0. The lowest BCUT2D eigenvalue weighted by Crippen LogP contribution is -1.95. The standard InChI is InChI=1S/C11H14N2/c1-7-8(2)11-10(12-9(7)3)5-6-13(11)4/h5-6H,1-4H3. The van der Waals surface area contributed by atoms with Gasteiger partial charge in [0, 0.05) is 18.9 Å². The molecule has 0 N–H and O–H groups in total. The fourth-order valence-electron chi connectivity index (χ4n) is 1.78. The van der Waals surface area contributed by atoms with Gasteiger partial charge in [-0.15, -0.1) is 0 Å². The van der Waals surface area contributed by atoms with Gasteiger partial charge >= 0.3 is 0 Å². The third kappa shape index (κ3) is 1.05. The largest absolute Gasteiger partial charge is 0.349 e. The number of fused-ring (bicyclic) bond motifs is 1. The third-order valence-corrected chi connectivity index (χ3v) is 2.80. The third-order valence-electron chi connectivity index (χ3n) is 2.80. The molecule has 13 heavy (non-hydrogen) atoms. The Balaban J connectivity index is 2.97. The van der Waals surface area contributed by atoms with Gasteiger partial charge in [-0.05, 0) is 38.0 Å². The molecule has 2 aromatic rings. The highest BCUT2D eigenvalue weighted by Crippen LogP contribution is 2.21. The lowest BCUT2D eigenvalue weighted by Gasteiger charge is -2.07. The lowest BCUT2D eigenvalue weighted by molar-refractivity contribution is 0.959. The van der Waals surface area contributed by atoms with E-state index in [1.54, 1.807) is 0 Å². The van der Waals surface area contributed by atoms with E-state index in [1.807, 2.05) is 0 Å². The van der Waals surface area contributed by atoms with E-state index in [0.717, 1.165) is 11.2 Å². The van der Waals surface area contributed by atoms with Gasteiger partial charge in [-0.25, -0.2) is 0 Å². The van der Waals surface area contributed by atoms with Crippen molar-refractivity contribution >= 4 is 11.0 Å². The molecule has 0 saturated heterocycles. The van der Waals surface area contributed by atoms with Crippen LogP contribution in [0.1, 0.15) is 16.8 Å². The van der Waals surface area contributed by atoms with Crippen LogP contribution in [0.2, 0.25) is 0 Å². The molecular weight excluding hydrogens is 160 g/mol. The number of aryl methyl sites for hydroxylation is 3. The fourth-order valence-corrected chi connectivity index (χ4v) is 1.78. The highest BCUT2D eigenvalue weighted by Gasteiger charge is 2.07. The minimum atomic E-state index is 1.10. The molecule has 0 aliphatic rings. The van der Waals surface area contributed by atoms with Crippen molar-refractivity contribution in [3.05, 3.63) is 29.1 Å². The molecule has 0 unspecified atom stereocenters. The van der Waals surface area contributed by atoms with Gasteiger partial charge in [-0.1, -0.05) is 0 Å². The zero-order valence-electron chi connectivity index (χ0n) is 8.55. The first-order valence-corrected chi connectivity index (χ1v) is 4.50. The number of rotatable bonds is 0. The van der Waals surface area contributed by atoms with Crippen molar-refractivity contribution in [2.75, 3.05) is 0 Å². The maximum Gasteiger partial charge on any atom is 0.0886 e. The molecule has 0 atom stereocenters. The molecule has 0 saturated carbocycles. The van der Waals surface area contributed by atoms with Gasteiger partial charge in [0.1, 0.15) is 0 Å². The van der Waals surface area contributed by atoms with Crippen LogP contribution in [0.3, 0.4) is 0 Å². The van der Waals surface area contributed by atoms with Crippen molar-refractivity contribution in [3.63, 3.8) is 0 Å². The summed E-state index contributed by atoms with van der Waals surface area (Å²) < 4.78 is 2.13. The van der Waals surface area contributed by atoms with E-state index >= 15 is 0 Å². The predicted octanol–water partition coefficient (Wildman–Crippen LogP) is 2.50. The van der Waals surface area contributed by atoms with Gasteiger partial charge in [0.25, 0.3) is 0 Å². The predicted molar refractivity (Wildman–Crippen MR) is 54.9 cm³/mol. The Hall–Kier alpha value is -1.31. The molecule has 2 aromatic heterocycles. The summed E-state index contributed by atoms with van der Waals surface area (Å²) in [6.45, 7) is 6.35. The van der Waals surface area contributed by atoms with Crippen LogP contribution >= 0.6 is 0 Å². The Morgan fingerprint density at radius 3 is 2.54 bits per heavy atom. The minimum absolute atomic E-state index is 1.10. The van der Waals surface area contributed by atoms with Gasteiger partial charge in [0.2, 0.25) is 0 Å². The molecule has 0 amide bonds. The monoisotopic (exact) mass is 174 g/mol. The Morgan fingerprint density at radius 2 is 1.85 bits per heavy atom. The molecule has 0 fully saturated rings. The summed E-state index contributed by atoms with van der Waals surface area (Å²) in [6, 6.07) is 2.06. The summed E-state index contributed by atoms with van der Waals surface area (Å²) in [5.41, 5.74) is 6.13. The van der Waals surface area contributed by atoms with Crippen molar-refractivity contribution in [3.8, 4) is 0 Å². The van der Waals surface area contributed by atoms with Crippen molar-refractivity contribution in [1.82, 2.24) is 9.55 Å². The van der Waals surface area contributed by atoms with Crippen molar-refractivity contribution < 1.29 is 0 Å². The SMILES string of the molecule is Cc1nc2ccn(C)c2c(C)c1C. The second-order valence-corrected chi connectivity index (χ2v) is 3.61. The first kappa shape index (κ1) is 8.30. The molecular formula is C11H14N2. The Kier molecular flexibility index (Phi) is 1.65. The summed E-state index contributed by atoms with van der Waals surface area (Å²) in [7, 11) is 2.06. The van der Waals surface area contributed by atoms with E-state index in [2.05, 4.69) is 49.6 Å². The Bertz CT molecular complexity index is 466. The topological polar surface area (TPSA) is 17.8 Å². The molecule has 2 heterocycles. The zero-order valence-corrected chi connectivity index (χ0v) is 8.55. The van der Waals surface area contributed by atoms with Crippen molar-refractivity contribution in [1.29, 1.82) is 0 Å². The maximum atomic E-state index is 4.54. The average molecular weight is 174 g/mol. The molecule has 0 aliphatic carbocycles. The Morgan fingerprint density at radius 1 is 1.15 bits per heavy atom. The molecule has 0 bridgehead atoms. The zero-order chi connectivity index (χ0) is 9.59. The highest BCUT2D eigenvalue weighted by molar-refractivity contribution is 5.80. The maximum absolute atomic E-state index is 4.54. The normalized spacial score (nSPS) is 11.1. The highest BCUT2D eigenvalue weighted by atomic mass is 14.9. The van der Waals surface area contributed by atoms with E-state index in [-0.39, 0.29) is 0 Å². The van der Waals surface area contributed by atoms with Gasteiger partial charge in [0.05, 0.1) is 11.0 Å². The number of hydrogen-bond donors (Lipinski definition) is 0. The van der Waals surface area contributed by atoms with E-state index in [4.69, 9.17) is 0 Å². The van der Waals surface area contributed by atoms with Gasteiger partial charge in [0.15, 0.2) is 0 Å². The number of aromatic nitrogens is 2. The van der Waals surface area contributed by atoms with Crippen LogP contribution in [-0.2, 0) is 7.05 Å². The molecule has 2 rings (SSSR count). The van der Waals surface area contributed by atoms with Gasteiger partial charge in [-0.3, -0.25) is 4.98 Å². The summed E-state index contributed by atoms with van der Waals surface area (Å²) in [4.78, 5) is 4.54.